The third-order valence-electron chi connectivity index (χ3n) is 5.82. The first-order chi connectivity index (χ1) is 16.6. The van der Waals surface area contributed by atoms with E-state index in [1.54, 1.807) is 18.3 Å². The van der Waals surface area contributed by atoms with Gasteiger partial charge in [-0.2, -0.15) is 11.8 Å². The fourth-order valence-electron chi connectivity index (χ4n) is 4.05. The van der Waals surface area contributed by atoms with Gasteiger partial charge in [0.25, 0.3) is 0 Å². The molecule has 2 heterocycles. The van der Waals surface area contributed by atoms with Crippen molar-refractivity contribution in [2.75, 3.05) is 43.0 Å². The Balaban J connectivity index is 1.37. The quantitative estimate of drug-likeness (QED) is 0.467. The summed E-state index contributed by atoms with van der Waals surface area (Å²) in [5.41, 5.74) is 3.98. The lowest BCUT2D eigenvalue weighted by atomic mass is 10.1. The monoisotopic (exact) mass is 478 g/mol. The van der Waals surface area contributed by atoms with Gasteiger partial charge in [-0.15, -0.1) is 0 Å². The number of nitrogens with one attached hydrogen (secondary N) is 1. The van der Waals surface area contributed by atoms with Crippen molar-refractivity contribution in [3.05, 3.63) is 95.6 Å². The summed E-state index contributed by atoms with van der Waals surface area (Å²) in [5.74, 6) is 2.04. The van der Waals surface area contributed by atoms with E-state index in [1.807, 2.05) is 42.1 Å². The Labute approximate surface area is 205 Å². The van der Waals surface area contributed by atoms with Gasteiger partial charge < -0.3 is 5.32 Å². The van der Waals surface area contributed by atoms with Gasteiger partial charge in [-0.1, -0.05) is 30.3 Å². The largest absolute Gasteiger partial charge is 0.325 e. The number of rotatable bonds is 10. The fraction of sp³-hybridized carbons (Fsp3) is 0.333. The number of anilines is 1. The summed E-state index contributed by atoms with van der Waals surface area (Å²) in [6, 6.07) is 20.4. The van der Waals surface area contributed by atoms with Crippen LogP contribution in [0.15, 0.2) is 72.9 Å². The molecule has 0 saturated carbocycles. The standard InChI is InChI=1S/C27H31FN4OS/c28-24-9-7-22(8-10-24)19-32(13-11-25-5-1-2-12-29-25)21-27(33)30-26-6-3-4-23(18-26)20-31-14-16-34-17-15-31/h1-10,12,18H,11,13-17,19-21H2,(H,30,33). The Morgan fingerprint density at radius 1 is 1.03 bits per heavy atom. The number of carbonyl (C=O) groups excluding carboxylic acids is 1. The van der Waals surface area contributed by atoms with E-state index in [0.717, 1.165) is 43.0 Å². The minimum atomic E-state index is -0.260. The van der Waals surface area contributed by atoms with Crippen molar-refractivity contribution < 1.29 is 9.18 Å². The van der Waals surface area contributed by atoms with Gasteiger partial charge in [0.2, 0.25) is 5.91 Å². The van der Waals surface area contributed by atoms with Crippen LogP contribution in [0.3, 0.4) is 0 Å². The van der Waals surface area contributed by atoms with E-state index >= 15 is 0 Å². The second kappa shape index (κ2) is 12.6. The van der Waals surface area contributed by atoms with Crippen LogP contribution >= 0.6 is 11.8 Å². The molecule has 4 rings (SSSR count). The van der Waals surface area contributed by atoms with Crippen molar-refractivity contribution in [3.63, 3.8) is 0 Å². The maximum Gasteiger partial charge on any atom is 0.238 e. The Kier molecular flexibility index (Phi) is 9.07. The number of benzene rings is 2. The van der Waals surface area contributed by atoms with E-state index in [-0.39, 0.29) is 18.3 Å². The summed E-state index contributed by atoms with van der Waals surface area (Å²) in [4.78, 5) is 21.9. The van der Waals surface area contributed by atoms with E-state index in [1.165, 1.54) is 29.2 Å². The fourth-order valence-corrected chi connectivity index (χ4v) is 5.03. The highest BCUT2D eigenvalue weighted by atomic mass is 32.2. The minimum absolute atomic E-state index is 0.0605. The highest BCUT2D eigenvalue weighted by Gasteiger charge is 2.14. The Morgan fingerprint density at radius 2 is 1.85 bits per heavy atom. The van der Waals surface area contributed by atoms with Crippen LogP contribution in [0.2, 0.25) is 0 Å². The van der Waals surface area contributed by atoms with Crippen LogP contribution in [0, 0.1) is 5.82 Å². The molecule has 0 atom stereocenters. The number of hydrogen-bond acceptors (Lipinski definition) is 5. The average molecular weight is 479 g/mol. The van der Waals surface area contributed by atoms with Crippen molar-refractivity contribution in [2.24, 2.45) is 0 Å². The van der Waals surface area contributed by atoms with Crippen LogP contribution in [0.4, 0.5) is 10.1 Å². The molecular formula is C27H31FN4OS. The predicted octanol–water partition coefficient (Wildman–Crippen LogP) is 4.45. The smallest absolute Gasteiger partial charge is 0.238 e. The van der Waals surface area contributed by atoms with Gasteiger partial charge in [0.05, 0.1) is 6.54 Å². The highest BCUT2D eigenvalue weighted by Crippen LogP contribution is 2.16. The summed E-state index contributed by atoms with van der Waals surface area (Å²) >= 11 is 2.00. The predicted molar refractivity (Wildman–Crippen MR) is 137 cm³/mol. The van der Waals surface area contributed by atoms with Crippen LogP contribution in [-0.2, 0) is 24.3 Å². The van der Waals surface area contributed by atoms with Crippen molar-refractivity contribution in [1.82, 2.24) is 14.8 Å². The van der Waals surface area contributed by atoms with Gasteiger partial charge in [-0.05, 0) is 47.5 Å². The number of pyridine rings is 1. The SMILES string of the molecule is O=C(CN(CCc1ccccn1)Cc1ccc(F)cc1)Nc1cccc(CN2CCSCC2)c1. The molecule has 0 unspecified atom stereocenters. The number of carbonyl (C=O) groups is 1. The van der Waals surface area contributed by atoms with Crippen LogP contribution in [-0.4, -0.2) is 58.4 Å². The number of amides is 1. The van der Waals surface area contributed by atoms with E-state index in [4.69, 9.17) is 0 Å². The van der Waals surface area contributed by atoms with Gasteiger partial charge in [0, 0.05) is 68.2 Å². The summed E-state index contributed by atoms with van der Waals surface area (Å²) in [5, 5.41) is 3.06. The molecule has 1 aromatic heterocycles. The highest BCUT2D eigenvalue weighted by molar-refractivity contribution is 7.99. The second-order valence-electron chi connectivity index (χ2n) is 8.55. The van der Waals surface area contributed by atoms with E-state index in [9.17, 15) is 9.18 Å². The average Bonchev–Trinajstić information content (AvgIpc) is 2.85. The zero-order valence-corrected chi connectivity index (χ0v) is 20.1. The first-order valence-corrected chi connectivity index (χ1v) is 12.8. The van der Waals surface area contributed by atoms with Crippen molar-refractivity contribution >= 4 is 23.4 Å². The molecule has 3 aromatic rings. The summed E-state index contributed by atoms with van der Waals surface area (Å²) in [7, 11) is 0. The molecule has 0 aliphatic carbocycles. The lowest BCUT2D eigenvalue weighted by molar-refractivity contribution is -0.117. The van der Waals surface area contributed by atoms with Crippen LogP contribution in [0.5, 0.6) is 0 Å². The van der Waals surface area contributed by atoms with Crippen molar-refractivity contribution in [3.8, 4) is 0 Å². The lowest BCUT2D eigenvalue weighted by Gasteiger charge is -2.26. The number of aromatic nitrogens is 1. The lowest BCUT2D eigenvalue weighted by Crippen LogP contribution is -2.34. The summed E-state index contributed by atoms with van der Waals surface area (Å²) in [6.45, 7) is 4.61. The molecule has 1 saturated heterocycles. The molecular weight excluding hydrogens is 447 g/mol. The molecule has 5 nitrogen and oxygen atoms in total. The van der Waals surface area contributed by atoms with E-state index < -0.39 is 0 Å². The molecule has 1 fully saturated rings. The molecule has 0 spiro atoms. The van der Waals surface area contributed by atoms with Gasteiger partial charge in [-0.25, -0.2) is 4.39 Å². The normalized spacial score (nSPS) is 14.3. The van der Waals surface area contributed by atoms with Gasteiger partial charge in [0.15, 0.2) is 0 Å². The van der Waals surface area contributed by atoms with E-state index in [0.29, 0.717) is 13.1 Å². The third-order valence-corrected chi connectivity index (χ3v) is 6.76. The summed E-state index contributed by atoms with van der Waals surface area (Å²) < 4.78 is 13.3. The third kappa shape index (κ3) is 7.94. The molecule has 1 aliphatic rings. The maximum atomic E-state index is 13.3. The molecule has 2 aromatic carbocycles. The zero-order valence-electron chi connectivity index (χ0n) is 19.3. The van der Waals surface area contributed by atoms with Gasteiger partial charge >= 0.3 is 0 Å². The van der Waals surface area contributed by atoms with Crippen LogP contribution < -0.4 is 5.32 Å². The second-order valence-corrected chi connectivity index (χ2v) is 9.77. The van der Waals surface area contributed by atoms with E-state index in [2.05, 4.69) is 32.2 Å². The molecule has 0 radical (unpaired) electrons. The molecule has 34 heavy (non-hydrogen) atoms. The number of nitrogens with zero attached hydrogens (tertiary/aromatic N) is 3. The molecule has 178 valence electrons. The summed E-state index contributed by atoms with van der Waals surface area (Å²) in [6.07, 6.45) is 2.51. The Bertz CT molecular complexity index is 1040. The minimum Gasteiger partial charge on any atom is -0.325 e. The molecule has 1 N–H and O–H groups in total. The molecule has 1 amide bonds. The zero-order chi connectivity index (χ0) is 23.6. The Morgan fingerprint density at radius 3 is 2.62 bits per heavy atom. The van der Waals surface area contributed by atoms with Crippen LogP contribution in [0.25, 0.3) is 0 Å². The Hall–Kier alpha value is -2.74. The maximum absolute atomic E-state index is 13.3. The van der Waals surface area contributed by atoms with Crippen molar-refractivity contribution in [2.45, 2.75) is 19.5 Å². The first-order valence-electron chi connectivity index (χ1n) is 11.7. The van der Waals surface area contributed by atoms with Crippen LogP contribution in [0.1, 0.15) is 16.8 Å². The van der Waals surface area contributed by atoms with Gasteiger partial charge in [-0.3, -0.25) is 19.6 Å². The molecule has 1 aliphatic heterocycles. The molecule has 7 heteroatoms. The van der Waals surface area contributed by atoms with Crippen molar-refractivity contribution in [1.29, 1.82) is 0 Å². The number of halogens is 1. The number of thioether (sulfide) groups is 1. The topological polar surface area (TPSA) is 48.5 Å². The molecule has 0 bridgehead atoms. The van der Waals surface area contributed by atoms with Gasteiger partial charge in [0.1, 0.15) is 5.82 Å². The first kappa shape index (κ1) is 24.4. The number of hydrogen-bond donors (Lipinski definition) is 1.